The van der Waals surface area contributed by atoms with E-state index in [1.54, 1.807) is 6.07 Å². The zero-order valence-corrected chi connectivity index (χ0v) is 11.8. The van der Waals surface area contributed by atoms with Crippen molar-refractivity contribution in [2.24, 2.45) is 23.7 Å². The Morgan fingerprint density at radius 3 is 2.61 bits per heavy atom. The molecule has 0 amide bonds. The minimum Gasteiger partial charge on any atom is -0.309 e. The molecule has 0 spiro atoms. The van der Waals surface area contributed by atoms with E-state index in [0.717, 1.165) is 36.3 Å². The molecule has 4 atom stereocenters. The Morgan fingerprint density at radius 1 is 1.22 bits per heavy atom. The lowest BCUT2D eigenvalue weighted by Crippen LogP contribution is -2.22. The minimum atomic E-state index is -0.180. The minimum absolute atomic E-state index is 0.180. The van der Waals surface area contributed by atoms with Crippen LogP contribution in [-0.4, -0.2) is 6.04 Å². The first kappa shape index (κ1) is 11.4. The fourth-order valence-corrected chi connectivity index (χ4v) is 4.91. The third kappa shape index (κ3) is 1.67. The Labute approximate surface area is 115 Å². The first-order chi connectivity index (χ1) is 8.74. The van der Waals surface area contributed by atoms with Gasteiger partial charge in [0.25, 0.3) is 0 Å². The van der Waals surface area contributed by atoms with E-state index in [1.807, 2.05) is 12.1 Å². The summed E-state index contributed by atoms with van der Waals surface area (Å²) in [5.41, 5.74) is 1.17. The van der Waals surface area contributed by atoms with Gasteiger partial charge in [0.2, 0.25) is 0 Å². The molecule has 1 aromatic carbocycles. The molecule has 18 heavy (non-hydrogen) atoms. The number of nitrogens with one attached hydrogen (secondary N) is 1. The molecule has 1 aromatic rings. The van der Waals surface area contributed by atoms with Crippen molar-refractivity contribution in [3.63, 3.8) is 0 Å². The van der Waals surface area contributed by atoms with Gasteiger partial charge < -0.3 is 5.32 Å². The van der Waals surface area contributed by atoms with Crippen LogP contribution >= 0.6 is 15.9 Å². The van der Waals surface area contributed by atoms with Gasteiger partial charge in [-0.05, 0) is 76.6 Å². The number of fused-ring (bicyclic) bond motifs is 5. The maximum absolute atomic E-state index is 13.1. The van der Waals surface area contributed by atoms with E-state index in [0.29, 0.717) is 4.47 Å². The van der Waals surface area contributed by atoms with Crippen LogP contribution < -0.4 is 5.32 Å². The second-order valence-electron chi connectivity index (χ2n) is 6.14. The van der Waals surface area contributed by atoms with Crippen molar-refractivity contribution in [1.29, 1.82) is 0 Å². The molecule has 3 aliphatic carbocycles. The van der Waals surface area contributed by atoms with Gasteiger partial charge in [0.15, 0.2) is 0 Å². The highest BCUT2D eigenvalue weighted by Crippen LogP contribution is 2.65. The molecule has 0 saturated heterocycles. The molecule has 0 heterocycles. The van der Waals surface area contributed by atoms with Crippen molar-refractivity contribution in [2.75, 3.05) is 0 Å². The van der Waals surface area contributed by atoms with Crippen LogP contribution in [-0.2, 0) is 6.54 Å². The van der Waals surface area contributed by atoms with Crippen molar-refractivity contribution in [2.45, 2.75) is 31.8 Å². The molecule has 96 valence electrons. The molecule has 0 aliphatic heterocycles. The Kier molecular flexibility index (Phi) is 2.56. The van der Waals surface area contributed by atoms with Crippen molar-refractivity contribution in [3.05, 3.63) is 34.1 Å². The smallest absolute Gasteiger partial charge is 0.137 e. The van der Waals surface area contributed by atoms with E-state index in [1.165, 1.54) is 24.8 Å². The highest BCUT2D eigenvalue weighted by Gasteiger charge is 2.64. The summed E-state index contributed by atoms with van der Waals surface area (Å²) < 4.78 is 13.7. The van der Waals surface area contributed by atoms with Gasteiger partial charge in [0.05, 0.1) is 4.47 Å². The van der Waals surface area contributed by atoms with Crippen LogP contribution in [0.25, 0.3) is 0 Å². The fraction of sp³-hybridized carbons (Fsp3) is 0.600. The van der Waals surface area contributed by atoms with E-state index in [9.17, 15) is 4.39 Å². The van der Waals surface area contributed by atoms with Crippen LogP contribution in [0.3, 0.4) is 0 Å². The molecule has 1 N–H and O–H groups in total. The molecule has 3 fully saturated rings. The molecule has 3 aliphatic rings. The van der Waals surface area contributed by atoms with Gasteiger partial charge in [-0.15, -0.1) is 0 Å². The molecular weight excluding hydrogens is 293 g/mol. The monoisotopic (exact) mass is 309 g/mol. The summed E-state index contributed by atoms with van der Waals surface area (Å²) in [6.07, 6.45) is 4.42. The summed E-state index contributed by atoms with van der Waals surface area (Å²) in [6, 6.07) is 6.05. The van der Waals surface area contributed by atoms with E-state index in [-0.39, 0.29) is 5.82 Å². The van der Waals surface area contributed by atoms with Crippen molar-refractivity contribution >= 4 is 15.9 Å². The number of hydrogen-bond acceptors (Lipinski definition) is 1. The number of hydrogen-bond donors (Lipinski definition) is 1. The third-order valence-electron chi connectivity index (χ3n) is 5.26. The molecule has 0 radical (unpaired) electrons. The van der Waals surface area contributed by atoms with Gasteiger partial charge >= 0.3 is 0 Å². The molecular formula is C15H17BrFN. The predicted octanol–water partition coefficient (Wildman–Crippen LogP) is 3.72. The summed E-state index contributed by atoms with van der Waals surface area (Å²) in [4.78, 5) is 0. The second-order valence-corrected chi connectivity index (χ2v) is 7.00. The Morgan fingerprint density at radius 2 is 1.94 bits per heavy atom. The fourth-order valence-electron chi connectivity index (χ4n) is 4.48. The van der Waals surface area contributed by atoms with Gasteiger partial charge in [-0.1, -0.05) is 6.07 Å². The zero-order chi connectivity index (χ0) is 12.3. The van der Waals surface area contributed by atoms with Gasteiger partial charge in [-0.2, -0.15) is 0 Å². The average molecular weight is 310 g/mol. The summed E-state index contributed by atoms with van der Waals surface area (Å²) >= 11 is 3.24. The molecule has 0 aromatic heterocycles. The predicted molar refractivity (Wildman–Crippen MR) is 72.5 cm³/mol. The lowest BCUT2D eigenvalue weighted by atomic mass is 10.0. The summed E-state index contributed by atoms with van der Waals surface area (Å²) in [7, 11) is 0. The summed E-state index contributed by atoms with van der Waals surface area (Å²) in [5.74, 6) is 3.77. The number of rotatable bonds is 3. The summed E-state index contributed by atoms with van der Waals surface area (Å²) in [6.45, 7) is 0.871. The maximum atomic E-state index is 13.1. The SMILES string of the molecule is Fc1ccc(CNC2C3C4CCC(C4)C23)cc1Br. The van der Waals surface area contributed by atoms with Crippen LogP contribution in [0.2, 0.25) is 0 Å². The van der Waals surface area contributed by atoms with E-state index in [4.69, 9.17) is 0 Å². The molecule has 4 rings (SSSR count). The number of benzene rings is 1. The van der Waals surface area contributed by atoms with E-state index >= 15 is 0 Å². The second kappa shape index (κ2) is 4.04. The summed E-state index contributed by atoms with van der Waals surface area (Å²) in [5, 5.41) is 3.68. The Hall–Kier alpha value is -0.410. The van der Waals surface area contributed by atoms with Crippen molar-refractivity contribution in [1.82, 2.24) is 5.32 Å². The zero-order valence-electron chi connectivity index (χ0n) is 10.2. The Balaban J connectivity index is 1.39. The maximum Gasteiger partial charge on any atom is 0.137 e. The van der Waals surface area contributed by atoms with Gasteiger partial charge in [-0.3, -0.25) is 0 Å². The molecule has 3 saturated carbocycles. The molecule has 2 bridgehead atoms. The van der Waals surface area contributed by atoms with Gasteiger partial charge in [0.1, 0.15) is 5.82 Å². The standard InChI is InChI=1S/C15H17BrFN/c16-11-5-8(1-4-12(11)17)7-18-15-13-9-2-3-10(6-9)14(13)15/h1,4-5,9-10,13-15,18H,2-3,6-7H2. The Bertz CT molecular complexity index is 473. The normalized spacial score (nSPS) is 40.0. The van der Waals surface area contributed by atoms with E-state index < -0.39 is 0 Å². The quantitative estimate of drug-likeness (QED) is 0.897. The van der Waals surface area contributed by atoms with Gasteiger partial charge in [0, 0.05) is 12.6 Å². The van der Waals surface area contributed by atoms with Crippen LogP contribution in [0.1, 0.15) is 24.8 Å². The van der Waals surface area contributed by atoms with Crippen molar-refractivity contribution < 1.29 is 4.39 Å². The van der Waals surface area contributed by atoms with Crippen LogP contribution in [0.15, 0.2) is 22.7 Å². The number of halogens is 2. The van der Waals surface area contributed by atoms with Crippen LogP contribution in [0.4, 0.5) is 4.39 Å². The first-order valence-electron chi connectivity index (χ1n) is 6.91. The van der Waals surface area contributed by atoms with Crippen LogP contribution in [0.5, 0.6) is 0 Å². The largest absolute Gasteiger partial charge is 0.309 e. The van der Waals surface area contributed by atoms with Crippen molar-refractivity contribution in [3.8, 4) is 0 Å². The molecule has 1 nitrogen and oxygen atoms in total. The first-order valence-corrected chi connectivity index (χ1v) is 7.70. The van der Waals surface area contributed by atoms with Gasteiger partial charge in [-0.25, -0.2) is 4.39 Å². The highest BCUT2D eigenvalue weighted by atomic mass is 79.9. The lowest BCUT2D eigenvalue weighted by molar-refractivity contribution is 0.456. The van der Waals surface area contributed by atoms with E-state index in [2.05, 4.69) is 21.2 Å². The highest BCUT2D eigenvalue weighted by molar-refractivity contribution is 9.10. The molecule has 4 unspecified atom stereocenters. The third-order valence-corrected chi connectivity index (χ3v) is 5.87. The average Bonchev–Trinajstić information content (AvgIpc) is 2.76. The molecule has 3 heteroatoms. The lowest BCUT2D eigenvalue weighted by Gasteiger charge is -2.10. The van der Waals surface area contributed by atoms with Crippen LogP contribution in [0, 0.1) is 29.5 Å². The topological polar surface area (TPSA) is 12.0 Å².